The highest BCUT2D eigenvalue weighted by atomic mass is 16.5. The molecule has 1 unspecified atom stereocenters. The maximum Gasteiger partial charge on any atom is 0.256 e. The van der Waals surface area contributed by atoms with Crippen molar-refractivity contribution in [2.45, 2.75) is 103 Å². The van der Waals surface area contributed by atoms with Gasteiger partial charge in [-0.05, 0) is 118 Å². The van der Waals surface area contributed by atoms with Crippen LogP contribution in [0, 0.1) is 17.3 Å². The summed E-state index contributed by atoms with van der Waals surface area (Å²) >= 11 is 0. The third-order valence-corrected chi connectivity index (χ3v) is 11.1. The zero-order valence-electron chi connectivity index (χ0n) is 30.8. The Bertz CT molecular complexity index is 1760. The quantitative estimate of drug-likeness (QED) is 0.184. The van der Waals surface area contributed by atoms with E-state index in [9.17, 15) is 19.2 Å². The summed E-state index contributed by atoms with van der Waals surface area (Å²) in [7, 11) is 0. The number of hydrogen-bond donors (Lipinski definition) is 4. The van der Waals surface area contributed by atoms with E-state index in [0.29, 0.717) is 62.4 Å². The number of amides is 4. The van der Waals surface area contributed by atoms with Gasteiger partial charge in [0.1, 0.15) is 23.3 Å². The van der Waals surface area contributed by atoms with Crippen molar-refractivity contribution in [3.05, 3.63) is 71.8 Å². The number of anilines is 4. The number of benzene rings is 1. The van der Waals surface area contributed by atoms with Gasteiger partial charge in [0.05, 0.1) is 12.2 Å². The van der Waals surface area contributed by atoms with E-state index in [4.69, 9.17) is 9.47 Å². The van der Waals surface area contributed by atoms with Gasteiger partial charge in [-0.15, -0.1) is 0 Å². The molecule has 4 aliphatic rings. The van der Waals surface area contributed by atoms with Crippen molar-refractivity contribution in [2.75, 3.05) is 34.5 Å². The fraction of sp³-hybridized carbons (Fsp3) is 0.512. The summed E-state index contributed by atoms with van der Waals surface area (Å²) in [5, 5.41) is 11.1. The maximum absolute atomic E-state index is 13.1. The van der Waals surface area contributed by atoms with Gasteiger partial charge in [0.2, 0.25) is 11.8 Å². The number of fused-ring (bicyclic) bond motifs is 14. The molecular weight excluding hydrogens is 672 g/mol. The van der Waals surface area contributed by atoms with Crippen LogP contribution in [0.1, 0.15) is 112 Å². The molecular formula is C41H52N6O6. The largest absolute Gasteiger partial charge is 0.378 e. The Kier molecular flexibility index (Phi) is 12.9. The number of carbonyl (C=O) groups is 4. The Labute approximate surface area is 311 Å². The lowest BCUT2D eigenvalue weighted by atomic mass is 9.60. The summed E-state index contributed by atoms with van der Waals surface area (Å²) in [6, 6.07) is 16.2. The number of nitrogens with zero attached hydrogens (tertiary/aromatic N) is 2. The molecule has 10 bridgehead atoms. The molecule has 4 amide bonds. The van der Waals surface area contributed by atoms with Crippen LogP contribution in [0.5, 0.6) is 0 Å². The number of nitrogens with one attached hydrogen (secondary N) is 4. The minimum absolute atomic E-state index is 0.172. The summed E-state index contributed by atoms with van der Waals surface area (Å²) in [6.07, 6.45) is 11.1. The molecule has 1 aromatic carbocycles. The monoisotopic (exact) mass is 724 g/mol. The van der Waals surface area contributed by atoms with Crippen LogP contribution in [0.2, 0.25) is 0 Å². The van der Waals surface area contributed by atoms with Gasteiger partial charge in [-0.25, -0.2) is 9.97 Å². The van der Waals surface area contributed by atoms with Gasteiger partial charge >= 0.3 is 0 Å². The number of aromatic nitrogens is 2. The minimum atomic E-state index is -0.469. The number of carbonyl (C=O) groups excluding carboxylic acids is 4. The first-order chi connectivity index (χ1) is 25.6. The van der Waals surface area contributed by atoms with Crippen molar-refractivity contribution in [3.8, 4) is 0 Å². The average Bonchev–Trinajstić information content (AvgIpc) is 3.15. The Hall–Kier alpha value is -4.68. The van der Waals surface area contributed by atoms with Crippen molar-refractivity contribution in [1.29, 1.82) is 0 Å². The van der Waals surface area contributed by atoms with E-state index in [-0.39, 0.29) is 52.2 Å². The molecule has 12 heteroatoms. The summed E-state index contributed by atoms with van der Waals surface area (Å²) in [4.78, 5) is 60.5. The van der Waals surface area contributed by atoms with Crippen molar-refractivity contribution in [1.82, 2.24) is 9.97 Å². The van der Waals surface area contributed by atoms with Gasteiger partial charge in [-0.1, -0.05) is 38.5 Å². The number of hydrogen-bond acceptors (Lipinski definition) is 8. The molecule has 2 atom stereocenters. The topological polar surface area (TPSA) is 161 Å². The second-order valence-corrected chi connectivity index (χ2v) is 15.1. The van der Waals surface area contributed by atoms with Crippen LogP contribution in [0.25, 0.3) is 0 Å². The molecule has 2 aromatic heterocycles. The Morgan fingerprint density at radius 1 is 0.566 bits per heavy atom. The molecule has 2 fully saturated rings. The molecule has 12 nitrogen and oxygen atoms in total. The average molecular weight is 725 g/mol. The van der Waals surface area contributed by atoms with Gasteiger partial charge in [0.15, 0.2) is 0 Å². The van der Waals surface area contributed by atoms with Gasteiger partial charge in [-0.2, -0.15) is 0 Å². The fourth-order valence-corrected chi connectivity index (χ4v) is 7.98. The SMILES string of the molecule is CC1(C)C2CCC(CC2)OCCCC(=O)Nc2cccc(n2)NC(=O)c2cccc(c2)C(=O)Nc2cccc(n2)NC(=O)CCCOC2CCC[C@H]1C2. The molecule has 4 heterocycles. The van der Waals surface area contributed by atoms with E-state index >= 15 is 0 Å². The number of ether oxygens (including phenoxy) is 2. The van der Waals surface area contributed by atoms with Crippen LogP contribution in [0.3, 0.4) is 0 Å². The Morgan fingerprint density at radius 2 is 1.06 bits per heavy atom. The van der Waals surface area contributed by atoms with Crippen LogP contribution in [0.4, 0.5) is 23.3 Å². The van der Waals surface area contributed by atoms with Crippen LogP contribution in [0.15, 0.2) is 60.7 Å². The van der Waals surface area contributed by atoms with Gasteiger partial charge in [0, 0.05) is 37.2 Å². The molecule has 53 heavy (non-hydrogen) atoms. The molecule has 4 N–H and O–H groups in total. The lowest BCUT2D eigenvalue weighted by Crippen LogP contribution is -2.40. The molecule has 282 valence electrons. The summed E-state index contributed by atoms with van der Waals surface area (Å²) in [5.74, 6) is 1.11. The van der Waals surface area contributed by atoms with Crippen molar-refractivity contribution in [3.63, 3.8) is 0 Å². The molecule has 0 spiro atoms. The number of pyridine rings is 2. The lowest BCUT2D eigenvalue weighted by Gasteiger charge is -2.47. The molecule has 0 saturated heterocycles. The van der Waals surface area contributed by atoms with Gasteiger partial charge in [0.25, 0.3) is 11.8 Å². The van der Waals surface area contributed by atoms with Crippen LogP contribution < -0.4 is 21.3 Å². The van der Waals surface area contributed by atoms with Gasteiger partial charge in [-0.3, -0.25) is 19.2 Å². The van der Waals surface area contributed by atoms with E-state index in [2.05, 4.69) is 45.1 Å². The predicted molar refractivity (Wildman–Crippen MR) is 204 cm³/mol. The summed E-state index contributed by atoms with van der Waals surface area (Å²) in [6.45, 7) is 5.93. The van der Waals surface area contributed by atoms with E-state index in [0.717, 1.165) is 44.9 Å². The highest BCUT2D eigenvalue weighted by Crippen LogP contribution is 2.49. The highest BCUT2D eigenvalue weighted by molar-refractivity contribution is 6.08. The van der Waals surface area contributed by atoms with Crippen molar-refractivity contribution < 1.29 is 28.7 Å². The summed E-state index contributed by atoms with van der Waals surface area (Å²) in [5.41, 5.74) is 0.699. The third-order valence-electron chi connectivity index (χ3n) is 11.1. The normalized spacial score (nSPS) is 25.2. The molecule has 7 rings (SSSR count). The second-order valence-electron chi connectivity index (χ2n) is 15.1. The van der Waals surface area contributed by atoms with E-state index in [1.54, 1.807) is 54.6 Å². The first-order valence-corrected chi connectivity index (χ1v) is 19.1. The number of rotatable bonds is 0. The smallest absolute Gasteiger partial charge is 0.256 e. The third kappa shape index (κ3) is 10.7. The molecule has 2 aliphatic carbocycles. The zero-order chi connectivity index (χ0) is 37.2. The standard InChI is InChI=1S/C41H52N6O6/c1-41(2)29-19-21-31(22-20-29)52-23-7-17-37(48)44-33-13-5-15-35(42-33)46-39(50)27-9-3-10-28(25-27)40(51)47-36-16-6-14-34(43-36)45-38(49)18-8-24-53-32-12-4-11-30(41)26-32/h3,5-6,9-10,13-16,25,29-32H,4,7-8,11-12,17-24,26H2,1-2H3,(H2,42,44,46,48,50)(H2,43,45,47,49,51)/t29?,30-,31?,32?/m0/s1. The van der Waals surface area contributed by atoms with Crippen LogP contribution >= 0.6 is 0 Å². The lowest BCUT2D eigenvalue weighted by molar-refractivity contribution is -0.117. The predicted octanol–water partition coefficient (Wildman–Crippen LogP) is 7.61. The maximum atomic E-state index is 13.1. The molecule has 2 aliphatic heterocycles. The van der Waals surface area contributed by atoms with E-state index in [1.807, 2.05) is 0 Å². The van der Waals surface area contributed by atoms with Crippen LogP contribution in [-0.4, -0.2) is 59.0 Å². The Morgan fingerprint density at radius 3 is 1.60 bits per heavy atom. The van der Waals surface area contributed by atoms with Crippen molar-refractivity contribution >= 4 is 46.9 Å². The zero-order valence-corrected chi connectivity index (χ0v) is 30.8. The molecule has 0 radical (unpaired) electrons. The second kappa shape index (κ2) is 17.9. The van der Waals surface area contributed by atoms with E-state index < -0.39 is 11.8 Å². The van der Waals surface area contributed by atoms with Crippen molar-refractivity contribution in [2.24, 2.45) is 17.3 Å². The van der Waals surface area contributed by atoms with Crippen LogP contribution in [-0.2, 0) is 19.1 Å². The summed E-state index contributed by atoms with van der Waals surface area (Å²) < 4.78 is 12.6. The first kappa shape index (κ1) is 38.1. The van der Waals surface area contributed by atoms with E-state index in [1.165, 1.54) is 12.5 Å². The molecule has 2 saturated carbocycles. The minimum Gasteiger partial charge on any atom is -0.378 e. The molecule has 3 aromatic rings. The first-order valence-electron chi connectivity index (χ1n) is 19.1. The fourth-order valence-electron chi connectivity index (χ4n) is 7.98. The van der Waals surface area contributed by atoms with Gasteiger partial charge < -0.3 is 30.7 Å². The highest BCUT2D eigenvalue weighted by Gasteiger charge is 2.41. The Balaban J connectivity index is 1.12.